The van der Waals surface area contributed by atoms with Crippen LogP contribution in [0.4, 0.5) is 4.39 Å². The smallest absolute Gasteiger partial charge is 0.310 e. The summed E-state index contributed by atoms with van der Waals surface area (Å²) in [6.45, 7) is 1.91. The number of methoxy groups -OCH3 is 1. The van der Waals surface area contributed by atoms with E-state index < -0.39 is 11.7 Å². The van der Waals surface area contributed by atoms with E-state index in [-0.39, 0.29) is 18.4 Å². The van der Waals surface area contributed by atoms with Gasteiger partial charge in [0.2, 0.25) is 0 Å². The highest BCUT2D eigenvalue weighted by molar-refractivity contribution is 9.10. The molecule has 104 valence electrons. The van der Waals surface area contributed by atoms with Gasteiger partial charge in [-0.15, -0.1) is 0 Å². The zero-order valence-electron chi connectivity index (χ0n) is 10.9. The number of hydrogen-bond acceptors (Lipinski definition) is 3. The molecule has 1 aromatic rings. The first-order valence-electron chi connectivity index (χ1n) is 5.65. The van der Waals surface area contributed by atoms with E-state index in [0.29, 0.717) is 10.0 Å². The van der Waals surface area contributed by atoms with E-state index in [4.69, 9.17) is 0 Å². The monoisotopic (exact) mass is 331 g/mol. The molecule has 1 unspecified atom stereocenters. The fourth-order valence-corrected chi connectivity index (χ4v) is 2.16. The van der Waals surface area contributed by atoms with Gasteiger partial charge in [0, 0.05) is 18.1 Å². The van der Waals surface area contributed by atoms with Crippen molar-refractivity contribution in [3.8, 4) is 0 Å². The Balaban J connectivity index is 2.79. The van der Waals surface area contributed by atoms with Crippen molar-refractivity contribution in [1.82, 2.24) is 4.90 Å². The van der Waals surface area contributed by atoms with Crippen molar-refractivity contribution in [2.24, 2.45) is 5.92 Å². The summed E-state index contributed by atoms with van der Waals surface area (Å²) < 4.78 is 17.9. The summed E-state index contributed by atoms with van der Waals surface area (Å²) in [6.07, 6.45) is 0. The van der Waals surface area contributed by atoms with Crippen LogP contribution in [-0.2, 0) is 9.53 Å². The normalized spacial score (nSPS) is 11.8. The average molecular weight is 332 g/mol. The van der Waals surface area contributed by atoms with Crippen molar-refractivity contribution in [2.45, 2.75) is 6.92 Å². The quantitative estimate of drug-likeness (QED) is 0.796. The van der Waals surface area contributed by atoms with E-state index in [1.165, 1.54) is 30.2 Å². The third-order valence-electron chi connectivity index (χ3n) is 2.66. The lowest BCUT2D eigenvalue weighted by Gasteiger charge is -2.20. The molecule has 1 aromatic carbocycles. The number of ether oxygens (including phenoxy) is 1. The predicted molar refractivity (Wildman–Crippen MR) is 72.2 cm³/mol. The van der Waals surface area contributed by atoms with Gasteiger partial charge in [0.1, 0.15) is 5.82 Å². The van der Waals surface area contributed by atoms with Crippen LogP contribution < -0.4 is 0 Å². The first-order valence-corrected chi connectivity index (χ1v) is 6.44. The molecule has 0 N–H and O–H groups in total. The van der Waals surface area contributed by atoms with Crippen LogP contribution in [0.3, 0.4) is 0 Å². The Labute approximate surface area is 119 Å². The number of hydrogen-bond donors (Lipinski definition) is 0. The molecule has 0 spiro atoms. The molecule has 0 saturated heterocycles. The van der Waals surface area contributed by atoms with Crippen molar-refractivity contribution in [1.29, 1.82) is 0 Å². The molecule has 4 nitrogen and oxygen atoms in total. The third-order valence-corrected chi connectivity index (χ3v) is 3.32. The highest BCUT2D eigenvalue weighted by Gasteiger charge is 2.21. The van der Waals surface area contributed by atoms with Crippen LogP contribution in [0.25, 0.3) is 0 Å². The molecule has 0 aromatic heterocycles. The Kier molecular flexibility index (Phi) is 5.47. The fourth-order valence-electron chi connectivity index (χ4n) is 1.64. The Morgan fingerprint density at radius 2 is 2.11 bits per heavy atom. The maximum atomic E-state index is 13.0. The van der Waals surface area contributed by atoms with Crippen LogP contribution in [0.2, 0.25) is 0 Å². The van der Waals surface area contributed by atoms with E-state index in [1.54, 1.807) is 14.0 Å². The van der Waals surface area contributed by atoms with Gasteiger partial charge < -0.3 is 9.64 Å². The second-order valence-corrected chi connectivity index (χ2v) is 5.09. The van der Waals surface area contributed by atoms with Gasteiger partial charge in [-0.2, -0.15) is 0 Å². The van der Waals surface area contributed by atoms with Crippen molar-refractivity contribution < 1.29 is 18.7 Å². The number of carbonyl (C=O) groups is 2. The van der Waals surface area contributed by atoms with Crippen LogP contribution in [0, 0.1) is 11.7 Å². The molecule has 0 bridgehead atoms. The van der Waals surface area contributed by atoms with E-state index in [0.717, 1.165) is 0 Å². The maximum Gasteiger partial charge on any atom is 0.310 e. The summed E-state index contributed by atoms with van der Waals surface area (Å²) in [5.41, 5.74) is 0.348. The van der Waals surface area contributed by atoms with E-state index in [1.807, 2.05) is 0 Å². The highest BCUT2D eigenvalue weighted by Crippen LogP contribution is 2.19. The van der Waals surface area contributed by atoms with Gasteiger partial charge in [-0.3, -0.25) is 9.59 Å². The zero-order valence-corrected chi connectivity index (χ0v) is 12.5. The number of benzene rings is 1. The SMILES string of the molecule is COC(=O)C(C)CN(C)C(=O)c1ccc(F)cc1Br. The number of nitrogens with zero attached hydrogens (tertiary/aromatic N) is 1. The summed E-state index contributed by atoms with van der Waals surface area (Å²) in [5, 5.41) is 0. The summed E-state index contributed by atoms with van der Waals surface area (Å²) in [7, 11) is 2.88. The van der Waals surface area contributed by atoms with E-state index >= 15 is 0 Å². The van der Waals surface area contributed by atoms with Crippen molar-refractivity contribution in [3.05, 3.63) is 34.1 Å². The molecule has 0 aliphatic rings. The van der Waals surface area contributed by atoms with Crippen molar-refractivity contribution >= 4 is 27.8 Å². The molecular formula is C13H15BrFNO3. The van der Waals surface area contributed by atoms with Gasteiger partial charge in [0.05, 0.1) is 18.6 Å². The molecule has 1 atom stereocenters. The van der Waals surface area contributed by atoms with Crippen LogP contribution in [0.1, 0.15) is 17.3 Å². The zero-order chi connectivity index (χ0) is 14.6. The van der Waals surface area contributed by atoms with Gasteiger partial charge in [-0.1, -0.05) is 6.92 Å². The number of esters is 1. The number of halogens is 2. The first kappa shape index (κ1) is 15.6. The van der Waals surface area contributed by atoms with Crippen LogP contribution >= 0.6 is 15.9 Å². The Morgan fingerprint density at radius 1 is 1.47 bits per heavy atom. The molecule has 1 rings (SSSR count). The molecule has 0 aliphatic carbocycles. The van der Waals surface area contributed by atoms with Crippen molar-refractivity contribution in [2.75, 3.05) is 20.7 Å². The molecular weight excluding hydrogens is 317 g/mol. The van der Waals surface area contributed by atoms with Crippen LogP contribution in [-0.4, -0.2) is 37.5 Å². The molecule has 1 amide bonds. The van der Waals surface area contributed by atoms with Gasteiger partial charge in [0.15, 0.2) is 0 Å². The van der Waals surface area contributed by atoms with E-state index in [9.17, 15) is 14.0 Å². The van der Waals surface area contributed by atoms with Gasteiger partial charge >= 0.3 is 5.97 Å². The van der Waals surface area contributed by atoms with Gasteiger partial charge in [-0.05, 0) is 34.1 Å². The summed E-state index contributed by atoms with van der Waals surface area (Å²) >= 11 is 3.15. The summed E-state index contributed by atoms with van der Waals surface area (Å²) in [4.78, 5) is 24.8. The first-order chi connectivity index (χ1) is 8.86. The molecule has 0 saturated carbocycles. The minimum absolute atomic E-state index is 0.231. The Bertz CT molecular complexity index is 493. The standard InChI is InChI=1S/C13H15BrFNO3/c1-8(13(18)19-3)7-16(2)12(17)10-5-4-9(15)6-11(10)14/h4-6,8H,7H2,1-3H3. The minimum Gasteiger partial charge on any atom is -0.469 e. The lowest BCUT2D eigenvalue weighted by molar-refractivity contribution is -0.145. The number of rotatable bonds is 4. The van der Waals surface area contributed by atoms with Gasteiger partial charge in [0.25, 0.3) is 5.91 Å². The minimum atomic E-state index is -0.422. The lowest BCUT2D eigenvalue weighted by atomic mass is 10.1. The topological polar surface area (TPSA) is 46.6 Å². The molecule has 0 aliphatic heterocycles. The predicted octanol–water partition coefficient (Wildman–Crippen LogP) is 2.47. The largest absolute Gasteiger partial charge is 0.469 e. The summed E-state index contributed by atoms with van der Waals surface area (Å²) in [6, 6.07) is 3.85. The Hall–Kier alpha value is -1.43. The molecule has 0 radical (unpaired) electrons. The molecule has 0 heterocycles. The number of amides is 1. The second kappa shape index (κ2) is 6.65. The lowest BCUT2D eigenvalue weighted by Crippen LogP contribution is -2.34. The second-order valence-electron chi connectivity index (χ2n) is 4.23. The Morgan fingerprint density at radius 3 is 2.63 bits per heavy atom. The van der Waals surface area contributed by atoms with E-state index in [2.05, 4.69) is 20.7 Å². The summed E-state index contributed by atoms with van der Waals surface area (Å²) in [5.74, 6) is -1.51. The highest BCUT2D eigenvalue weighted by atomic mass is 79.9. The molecule has 19 heavy (non-hydrogen) atoms. The van der Waals surface area contributed by atoms with Crippen LogP contribution in [0.15, 0.2) is 22.7 Å². The number of carbonyl (C=O) groups excluding carboxylic acids is 2. The van der Waals surface area contributed by atoms with Crippen molar-refractivity contribution in [3.63, 3.8) is 0 Å². The van der Waals surface area contributed by atoms with Gasteiger partial charge in [-0.25, -0.2) is 4.39 Å². The average Bonchev–Trinajstić information content (AvgIpc) is 2.36. The van der Waals surface area contributed by atoms with Crippen LogP contribution in [0.5, 0.6) is 0 Å². The molecule has 6 heteroatoms. The molecule has 0 fully saturated rings. The maximum absolute atomic E-state index is 13.0. The fraction of sp³-hybridized carbons (Fsp3) is 0.385. The third kappa shape index (κ3) is 4.02.